The quantitative estimate of drug-likeness (QED) is 0.126. The number of hydrogen-bond donors (Lipinski definition) is 2. The summed E-state index contributed by atoms with van der Waals surface area (Å²) in [6.07, 6.45) is -21.5. The number of ether oxygens (including phenoxy) is 4. The lowest BCUT2D eigenvalue weighted by Crippen LogP contribution is -2.54. The summed E-state index contributed by atoms with van der Waals surface area (Å²) in [5.41, 5.74) is 3.84. The van der Waals surface area contributed by atoms with Crippen LogP contribution in [0.2, 0.25) is 0 Å². The Morgan fingerprint density at radius 1 is 0.429 bits per heavy atom. The second-order valence-corrected chi connectivity index (χ2v) is 10.2. The first kappa shape index (κ1) is 36.7. The van der Waals surface area contributed by atoms with E-state index in [1.165, 1.54) is 12.1 Å². The van der Waals surface area contributed by atoms with Crippen molar-refractivity contribution in [1.82, 2.24) is 0 Å². The van der Waals surface area contributed by atoms with Crippen molar-refractivity contribution in [3.63, 3.8) is 0 Å². The van der Waals surface area contributed by atoms with Crippen molar-refractivity contribution in [2.45, 2.75) is 30.1 Å². The zero-order valence-corrected chi connectivity index (χ0v) is 24.3. The van der Waals surface area contributed by atoms with Crippen molar-refractivity contribution in [2.24, 2.45) is 0 Å². The van der Waals surface area contributed by atoms with Crippen LogP contribution in [0.3, 0.4) is 0 Å². The minimum absolute atomic E-state index is 0.0277. The normalized spacial score (nSPS) is 12.8. The maximum atomic E-state index is 14.7. The van der Waals surface area contributed by atoms with Crippen LogP contribution in [0.5, 0.6) is 34.5 Å². The summed E-state index contributed by atoms with van der Waals surface area (Å²) in [4.78, 5) is 0. The summed E-state index contributed by atoms with van der Waals surface area (Å²) in [6, 6.07) is 11.4. The molecule has 0 amide bonds. The van der Waals surface area contributed by atoms with E-state index in [2.05, 4.69) is 9.47 Å². The zero-order valence-electron chi connectivity index (χ0n) is 24.3. The zero-order chi connectivity index (χ0) is 36.4. The van der Waals surface area contributed by atoms with E-state index >= 15 is 0 Å². The lowest BCUT2D eigenvalue weighted by atomic mass is 9.73. The monoisotopic (exact) mass is 714 g/mol. The van der Waals surface area contributed by atoms with Gasteiger partial charge in [0.1, 0.15) is 11.5 Å². The van der Waals surface area contributed by atoms with Crippen molar-refractivity contribution >= 4 is 11.4 Å². The Labute approximate surface area is 268 Å². The van der Waals surface area contributed by atoms with Gasteiger partial charge in [-0.05, 0) is 59.7 Å². The Balaban J connectivity index is 1.68. The fourth-order valence-electron chi connectivity index (χ4n) is 4.54. The molecular formula is C31H22F12N2O4. The lowest BCUT2D eigenvalue weighted by Gasteiger charge is -2.38. The highest BCUT2D eigenvalue weighted by atomic mass is 19.4. The molecule has 6 nitrogen and oxygen atoms in total. The highest BCUT2D eigenvalue weighted by molar-refractivity contribution is 5.55. The number of anilines is 2. The summed E-state index contributed by atoms with van der Waals surface area (Å²) >= 11 is 0. The second kappa shape index (κ2) is 13.4. The molecule has 4 N–H and O–H groups in total. The van der Waals surface area contributed by atoms with E-state index in [9.17, 15) is 52.7 Å². The van der Waals surface area contributed by atoms with Crippen molar-refractivity contribution in [2.75, 3.05) is 24.7 Å². The maximum absolute atomic E-state index is 14.7. The molecule has 0 aliphatic rings. The summed E-state index contributed by atoms with van der Waals surface area (Å²) in [5, 5.41) is 0. The largest absolute Gasteiger partial charge is 0.480 e. The van der Waals surface area contributed by atoms with Crippen LogP contribution in [0.4, 0.5) is 64.1 Å². The summed E-state index contributed by atoms with van der Waals surface area (Å²) in [5.74, 6) is -2.46. The molecule has 18 heteroatoms. The molecule has 4 rings (SSSR count). The molecule has 0 fully saturated rings. The first-order chi connectivity index (χ1) is 22.6. The van der Waals surface area contributed by atoms with Crippen molar-refractivity contribution in [3.05, 3.63) is 96.1 Å². The van der Waals surface area contributed by atoms with Crippen LogP contribution in [0.15, 0.2) is 84.9 Å². The molecular weight excluding hydrogens is 692 g/mol. The van der Waals surface area contributed by atoms with Gasteiger partial charge in [0.25, 0.3) is 0 Å². The number of rotatable bonds is 10. The molecule has 0 atom stereocenters. The average Bonchev–Trinajstić information content (AvgIpc) is 2.97. The highest BCUT2D eigenvalue weighted by Gasteiger charge is 2.72. The van der Waals surface area contributed by atoms with Crippen molar-refractivity contribution < 1.29 is 71.6 Å². The van der Waals surface area contributed by atoms with E-state index in [4.69, 9.17) is 20.9 Å². The van der Waals surface area contributed by atoms with E-state index < -0.39 is 66.0 Å². The number of hydrogen-bond acceptors (Lipinski definition) is 6. The first-order valence-electron chi connectivity index (χ1n) is 13.5. The van der Waals surface area contributed by atoms with Crippen LogP contribution < -0.4 is 30.4 Å². The van der Waals surface area contributed by atoms with Crippen molar-refractivity contribution in [3.8, 4) is 34.5 Å². The standard InChI is InChI=1S/C31H22F12N2O4/c32-27(33,34)15-46-25-13-19(44)5-11-23(25)48-21-7-1-17(2-8-21)29(30(38,39)40,31(41,42)43)18-3-9-22(10-4-18)49-24-12-6-20(45)14-26(24)47-16-28(35,36)37/h1-14H,15-16,44-45H2. The van der Waals surface area contributed by atoms with E-state index in [0.29, 0.717) is 24.3 Å². The van der Waals surface area contributed by atoms with Crippen molar-refractivity contribution in [1.29, 1.82) is 0 Å². The molecule has 0 spiro atoms. The molecule has 0 saturated heterocycles. The number of benzene rings is 4. The van der Waals surface area contributed by atoms with Gasteiger partial charge < -0.3 is 30.4 Å². The molecule has 0 aromatic heterocycles. The second-order valence-electron chi connectivity index (χ2n) is 10.2. The van der Waals surface area contributed by atoms with Crippen LogP contribution in [-0.2, 0) is 5.41 Å². The van der Waals surface area contributed by atoms with E-state index in [-0.39, 0.29) is 34.4 Å². The fourth-order valence-corrected chi connectivity index (χ4v) is 4.54. The van der Waals surface area contributed by atoms with Gasteiger partial charge in [-0.15, -0.1) is 0 Å². The predicted molar refractivity (Wildman–Crippen MR) is 151 cm³/mol. The molecule has 49 heavy (non-hydrogen) atoms. The van der Waals surface area contributed by atoms with E-state index in [1.54, 1.807) is 0 Å². The van der Waals surface area contributed by atoms with E-state index in [1.807, 2.05) is 0 Å². The Morgan fingerprint density at radius 3 is 1.04 bits per heavy atom. The number of nitrogen functional groups attached to an aromatic ring is 2. The van der Waals surface area contributed by atoms with Gasteiger partial charge in [0.2, 0.25) is 5.41 Å². The Bertz CT molecular complexity index is 1610. The fraction of sp³-hybridized carbons (Fsp3) is 0.226. The Hall–Kier alpha value is -5.16. The third kappa shape index (κ3) is 8.66. The van der Waals surface area contributed by atoms with E-state index in [0.717, 1.165) is 48.5 Å². The number of nitrogens with two attached hydrogens (primary N) is 2. The van der Waals surface area contributed by atoms with Gasteiger partial charge in [0.05, 0.1) is 0 Å². The molecule has 0 saturated carbocycles. The van der Waals surface area contributed by atoms with Gasteiger partial charge in [-0.25, -0.2) is 0 Å². The molecule has 4 aromatic rings. The smallest absolute Gasteiger partial charge is 0.422 e. The summed E-state index contributed by atoms with van der Waals surface area (Å²) in [7, 11) is 0. The molecule has 4 aromatic carbocycles. The highest BCUT2D eigenvalue weighted by Crippen LogP contribution is 2.56. The Kier molecular flexibility index (Phi) is 10.0. The molecule has 0 radical (unpaired) electrons. The number of alkyl halides is 12. The van der Waals surface area contributed by atoms with Crippen LogP contribution in [0.25, 0.3) is 0 Å². The number of halogens is 12. The van der Waals surface area contributed by atoms with Crippen LogP contribution in [-0.4, -0.2) is 37.9 Å². The van der Waals surface area contributed by atoms with Gasteiger partial charge in [0, 0.05) is 23.5 Å². The minimum atomic E-state index is -6.00. The first-order valence-corrected chi connectivity index (χ1v) is 13.5. The van der Waals surface area contributed by atoms with Gasteiger partial charge in [0.15, 0.2) is 36.2 Å². The van der Waals surface area contributed by atoms with Gasteiger partial charge >= 0.3 is 24.7 Å². The summed E-state index contributed by atoms with van der Waals surface area (Å²) in [6.45, 7) is -3.50. The molecule has 0 heterocycles. The van der Waals surface area contributed by atoms with Crippen LogP contribution in [0, 0.1) is 0 Å². The minimum Gasteiger partial charge on any atom is -0.480 e. The Morgan fingerprint density at radius 2 is 0.755 bits per heavy atom. The molecule has 264 valence electrons. The molecule has 0 unspecified atom stereocenters. The SMILES string of the molecule is Nc1ccc(Oc2ccc(C(c3ccc(Oc4ccc(N)cc4OCC(F)(F)F)cc3)(C(F)(F)F)C(F)(F)F)cc2)c(OCC(F)(F)F)c1. The van der Waals surface area contributed by atoms with Gasteiger partial charge in [-0.2, -0.15) is 52.7 Å². The topological polar surface area (TPSA) is 89.0 Å². The van der Waals surface area contributed by atoms with Crippen LogP contribution >= 0.6 is 0 Å². The maximum Gasteiger partial charge on any atom is 0.422 e. The summed E-state index contributed by atoms with van der Waals surface area (Å²) < 4.78 is 184. The van der Waals surface area contributed by atoms with Gasteiger partial charge in [-0.1, -0.05) is 24.3 Å². The molecule has 0 bridgehead atoms. The molecule has 0 aliphatic carbocycles. The third-order valence-corrected chi connectivity index (χ3v) is 6.60. The predicted octanol–water partition coefficient (Wildman–Crippen LogP) is 9.73. The van der Waals surface area contributed by atoms with Gasteiger partial charge in [-0.3, -0.25) is 0 Å². The molecule has 0 aliphatic heterocycles. The third-order valence-electron chi connectivity index (χ3n) is 6.60. The van der Waals surface area contributed by atoms with Crippen LogP contribution in [0.1, 0.15) is 11.1 Å². The lowest BCUT2D eigenvalue weighted by molar-refractivity contribution is -0.288. The average molecular weight is 715 g/mol.